The molecule has 9 heteroatoms. The van der Waals surface area contributed by atoms with Crippen LogP contribution < -0.4 is 15.4 Å². The maximum atomic E-state index is 12.8. The summed E-state index contributed by atoms with van der Waals surface area (Å²) in [5, 5.41) is 8.17. The molecule has 0 unspecified atom stereocenters. The van der Waals surface area contributed by atoms with E-state index in [-0.39, 0.29) is 16.8 Å². The molecule has 0 spiro atoms. The van der Waals surface area contributed by atoms with Gasteiger partial charge in [-0.15, -0.1) is 0 Å². The molecule has 49 heavy (non-hydrogen) atoms. The van der Waals surface area contributed by atoms with Crippen molar-refractivity contribution < 1.29 is 28.6 Å². The summed E-state index contributed by atoms with van der Waals surface area (Å²) in [6, 6.07) is 29.9. The van der Waals surface area contributed by atoms with Gasteiger partial charge in [-0.05, 0) is 102 Å². The van der Waals surface area contributed by atoms with Gasteiger partial charge in [-0.3, -0.25) is 10.3 Å². The van der Waals surface area contributed by atoms with Crippen LogP contribution in [-0.2, 0) is 9.47 Å². The Morgan fingerprint density at radius 2 is 1.27 bits per heavy atom. The topological polar surface area (TPSA) is 116 Å². The number of carbonyl (C=O) groups excluding carboxylic acids is 3. The highest BCUT2D eigenvalue weighted by Gasteiger charge is 2.17. The Hall–Kier alpha value is -6.22. The monoisotopic (exact) mass is 655 g/mol. The van der Waals surface area contributed by atoms with E-state index in [1.54, 1.807) is 24.5 Å². The third-order valence-corrected chi connectivity index (χ3v) is 8.09. The zero-order valence-corrected chi connectivity index (χ0v) is 28.0. The van der Waals surface area contributed by atoms with Crippen LogP contribution in [0.25, 0.3) is 27.7 Å². The molecule has 0 aliphatic heterocycles. The minimum absolute atomic E-state index is 0.0710. The zero-order valence-electron chi connectivity index (χ0n) is 28.0. The van der Waals surface area contributed by atoms with Gasteiger partial charge >= 0.3 is 18.0 Å². The number of pyridine rings is 1. The fourth-order valence-corrected chi connectivity index (χ4v) is 5.32. The van der Waals surface area contributed by atoms with E-state index in [2.05, 4.69) is 54.6 Å². The molecule has 5 rings (SSSR count). The average molecular weight is 656 g/mol. The molecule has 0 fully saturated rings. The van der Waals surface area contributed by atoms with Crippen molar-refractivity contribution in [2.24, 2.45) is 0 Å². The lowest BCUT2D eigenvalue weighted by Crippen LogP contribution is -2.18. The van der Waals surface area contributed by atoms with Crippen molar-refractivity contribution in [3.05, 3.63) is 143 Å². The fraction of sp³-hybridized carbons (Fsp3) is 0.150. The number of allylic oxidation sites excluding steroid dienone is 2. The molecule has 1 heterocycles. The van der Waals surface area contributed by atoms with Crippen molar-refractivity contribution in [1.29, 1.82) is 0 Å². The van der Waals surface area contributed by atoms with Crippen molar-refractivity contribution in [3.63, 3.8) is 0 Å². The predicted molar refractivity (Wildman–Crippen MR) is 192 cm³/mol. The summed E-state index contributed by atoms with van der Waals surface area (Å²) in [6.07, 6.45) is 3.67. The van der Waals surface area contributed by atoms with E-state index in [1.165, 1.54) is 38.0 Å². The van der Waals surface area contributed by atoms with Crippen molar-refractivity contribution >= 4 is 51.5 Å². The summed E-state index contributed by atoms with van der Waals surface area (Å²) >= 11 is 0. The smallest absolute Gasteiger partial charge is 0.417 e. The quantitative estimate of drug-likeness (QED) is 0.144. The summed E-state index contributed by atoms with van der Waals surface area (Å²) in [5.41, 5.74) is 7.76. The number of esters is 2. The molecule has 4 aromatic carbocycles. The van der Waals surface area contributed by atoms with E-state index < -0.39 is 18.0 Å². The second kappa shape index (κ2) is 15.6. The zero-order chi connectivity index (χ0) is 34.9. The van der Waals surface area contributed by atoms with Crippen LogP contribution in [0, 0.1) is 0 Å². The summed E-state index contributed by atoms with van der Waals surface area (Å²) in [7, 11) is 2.44. The van der Waals surface area contributed by atoms with Gasteiger partial charge in [-0.2, -0.15) is 0 Å². The first-order chi connectivity index (χ1) is 23.7. The molecule has 0 radical (unpaired) electrons. The van der Waals surface area contributed by atoms with E-state index >= 15 is 0 Å². The highest BCUT2D eigenvalue weighted by molar-refractivity contribution is 5.99. The number of anilines is 1. The third kappa shape index (κ3) is 8.20. The van der Waals surface area contributed by atoms with E-state index in [0.29, 0.717) is 5.75 Å². The Morgan fingerprint density at radius 1 is 0.653 bits per heavy atom. The molecule has 248 valence electrons. The Morgan fingerprint density at radius 3 is 1.90 bits per heavy atom. The maximum Gasteiger partial charge on any atom is 0.417 e. The number of rotatable bonds is 10. The summed E-state index contributed by atoms with van der Waals surface area (Å²) in [6.45, 7) is 6.39. The molecule has 5 aromatic rings. The summed E-state index contributed by atoms with van der Waals surface area (Å²) < 4.78 is 15.1. The number of aromatic nitrogens is 1. The lowest BCUT2D eigenvalue weighted by atomic mass is 9.97. The number of benzene rings is 4. The van der Waals surface area contributed by atoms with Gasteiger partial charge < -0.3 is 19.5 Å². The first-order valence-electron chi connectivity index (χ1n) is 15.7. The minimum Gasteiger partial charge on any atom is -0.465 e. The summed E-state index contributed by atoms with van der Waals surface area (Å²) in [5.74, 6) is -1.03. The minimum atomic E-state index is -0.801. The molecular formula is C40H37N3O6. The lowest BCUT2D eigenvalue weighted by Gasteiger charge is -2.21. The first kappa shape index (κ1) is 34.1. The van der Waals surface area contributed by atoms with Crippen molar-refractivity contribution in [2.75, 3.05) is 19.5 Å². The van der Waals surface area contributed by atoms with Gasteiger partial charge in [0.05, 0.1) is 25.3 Å². The largest absolute Gasteiger partial charge is 0.465 e. The highest BCUT2D eigenvalue weighted by atomic mass is 16.6. The highest BCUT2D eigenvalue weighted by Crippen LogP contribution is 2.31. The van der Waals surface area contributed by atoms with Crippen LogP contribution in [0.5, 0.6) is 5.75 Å². The van der Waals surface area contributed by atoms with Crippen LogP contribution in [0.15, 0.2) is 115 Å². The molecule has 0 atom stereocenters. The van der Waals surface area contributed by atoms with Gasteiger partial charge in [0.25, 0.3) is 0 Å². The Kier molecular flexibility index (Phi) is 10.9. The molecule has 1 aromatic heterocycles. The van der Waals surface area contributed by atoms with E-state index in [4.69, 9.17) is 14.2 Å². The standard InChI is InChI=1S/C40H37N3O6/c1-6-25(2)36(27-10-8-7-9-11-27)43-37(28-16-18-41-19-17-28)26(3)29-12-13-31-24-35(15-14-30(31)20-29)49-40(46)42-34-22-32(38(44)47-4)21-33(23-34)39(45)48-5/h7-24,43H,6H2,1-5H3,(H,42,46)/b36-25?,37-26+. The molecule has 0 saturated carbocycles. The van der Waals surface area contributed by atoms with Gasteiger partial charge in [0.2, 0.25) is 0 Å². The first-order valence-corrected chi connectivity index (χ1v) is 15.7. The fourth-order valence-electron chi connectivity index (χ4n) is 5.32. The lowest BCUT2D eigenvalue weighted by molar-refractivity contribution is 0.0599. The normalized spacial score (nSPS) is 11.9. The number of nitrogens with one attached hydrogen (secondary N) is 2. The molecule has 0 aliphatic carbocycles. The van der Waals surface area contributed by atoms with E-state index in [9.17, 15) is 14.4 Å². The third-order valence-electron chi connectivity index (χ3n) is 8.09. The number of hydrogen-bond acceptors (Lipinski definition) is 8. The van der Waals surface area contributed by atoms with Gasteiger partial charge in [-0.1, -0.05) is 55.5 Å². The maximum absolute atomic E-state index is 12.8. The van der Waals surface area contributed by atoms with Crippen molar-refractivity contribution in [2.45, 2.75) is 27.2 Å². The van der Waals surface area contributed by atoms with Crippen LogP contribution in [0.3, 0.4) is 0 Å². The number of amides is 1. The number of ether oxygens (including phenoxy) is 3. The molecule has 0 saturated heterocycles. The SMILES string of the molecule is CCC(C)=C(N/C(=C(\C)c1ccc2cc(OC(=O)Nc3cc(C(=O)OC)cc(C(=O)OC)c3)ccc2c1)c1ccncc1)c1ccccc1. The van der Waals surface area contributed by atoms with Gasteiger partial charge in [0, 0.05) is 35.0 Å². The second-order valence-electron chi connectivity index (χ2n) is 11.3. The van der Waals surface area contributed by atoms with Crippen molar-refractivity contribution in [1.82, 2.24) is 10.3 Å². The van der Waals surface area contributed by atoms with E-state index in [1.807, 2.05) is 48.5 Å². The average Bonchev–Trinajstić information content (AvgIpc) is 3.14. The molecule has 9 nitrogen and oxygen atoms in total. The molecular weight excluding hydrogens is 618 g/mol. The van der Waals surface area contributed by atoms with Crippen LogP contribution in [0.4, 0.5) is 10.5 Å². The van der Waals surface area contributed by atoms with Crippen LogP contribution in [0.2, 0.25) is 0 Å². The number of methoxy groups -OCH3 is 2. The molecule has 2 N–H and O–H groups in total. The van der Waals surface area contributed by atoms with Gasteiger partial charge in [-0.25, -0.2) is 14.4 Å². The Bertz CT molecular complexity index is 2040. The Balaban J connectivity index is 1.42. The predicted octanol–water partition coefficient (Wildman–Crippen LogP) is 8.74. The van der Waals surface area contributed by atoms with Gasteiger partial charge in [0.15, 0.2) is 0 Å². The van der Waals surface area contributed by atoms with E-state index in [0.717, 1.165) is 50.9 Å². The van der Waals surface area contributed by atoms with Crippen molar-refractivity contribution in [3.8, 4) is 5.75 Å². The number of fused-ring (bicyclic) bond motifs is 1. The number of carbonyl (C=O) groups is 3. The van der Waals surface area contributed by atoms with Crippen LogP contribution in [0.1, 0.15) is 64.6 Å². The molecule has 1 amide bonds. The van der Waals surface area contributed by atoms with Crippen LogP contribution in [-0.4, -0.2) is 37.2 Å². The number of nitrogens with zero attached hydrogens (tertiary/aromatic N) is 1. The molecule has 0 bridgehead atoms. The second-order valence-corrected chi connectivity index (χ2v) is 11.3. The molecule has 0 aliphatic rings. The summed E-state index contributed by atoms with van der Waals surface area (Å²) in [4.78, 5) is 41.3. The Labute approximate surface area is 285 Å². The van der Waals surface area contributed by atoms with Crippen LogP contribution >= 0.6 is 0 Å². The number of hydrogen-bond donors (Lipinski definition) is 2. The van der Waals surface area contributed by atoms with Gasteiger partial charge in [0.1, 0.15) is 5.75 Å².